The highest BCUT2D eigenvalue weighted by Gasteiger charge is 2.51. The van der Waals surface area contributed by atoms with E-state index >= 15 is 0 Å². The zero-order valence-corrected chi connectivity index (χ0v) is 8.15. The van der Waals surface area contributed by atoms with Crippen molar-refractivity contribution in [2.24, 2.45) is 0 Å². The van der Waals surface area contributed by atoms with Gasteiger partial charge in [0.2, 0.25) is 0 Å². The number of carboxylic acid groups (broad SMARTS) is 1. The van der Waals surface area contributed by atoms with Crippen LogP contribution in [0.4, 0.5) is 8.78 Å². The number of carboxylic acids is 1. The van der Waals surface area contributed by atoms with Crippen LogP contribution in [0.2, 0.25) is 0 Å². The van der Waals surface area contributed by atoms with E-state index in [1.807, 2.05) is 0 Å². The number of fused-ring (bicyclic) bond motifs is 2. The standard InChI is InChI=1S/C8H10F2N2O4/c9-8(10,7(14)15)16-12-4-1-2-11-5(3-4)6(12)13/h4-5,11H,1-3H2,(H,14,15)/t4-,5?/m0/s1. The molecular weight excluding hydrogens is 226 g/mol. The number of carbonyl (C=O) groups is 2. The van der Waals surface area contributed by atoms with Gasteiger partial charge in [0.15, 0.2) is 0 Å². The molecule has 0 aliphatic carbocycles. The number of carbonyl (C=O) groups excluding carboxylic acids is 1. The minimum absolute atomic E-state index is 0.370. The van der Waals surface area contributed by atoms with Crippen LogP contribution in [-0.2, 0) is 14.4 Å². The zero-order valence-electron chi connectivity index (χ0n) is 8.15. The van der Waals surface area contributed by atoms with E-state index in [9.17, 15) is 18.4 Å². The molecule has 6 nitrogen and oxygen atoms in total. The minimum atomic E-state index is -4.37. The van der Waals surface area contributed by atoms with Crippen molar-refractivity contribution in [2.75, 3.05) is 6.54 Å². The topological polar surface area (TPSA) is 78.9 Å². The van der Waals surface area contributed by atoms with E-state index in [0.717, 1.165) is 0 Å². The maximum absolute atomic E-state index is 12.8. The second-order valence-corrected chi connectivity index (χ2v) is 3.76. The van der Waals surface area contributed by atoms with Crippen molar-refractivity contribution in [1.29, 1.82) is 0 Å². The number of alkyl halides is 2. The quantitative estimate of drug-likeness (QED) is 0.694. The summed E-state index contributed by atoms with van der Waals surface area (Å²) in [4.78, 5) is 25.7. The number of hydroxylamine groups is 2. The average Bonchev–Trinajstić information content (AvgIpc) is 2.42. The fourth-order valence-electron chi connectivity index (χ4n) is 1.91. The molecule has 0 aromatic carbocycles. The van der Waals surface area contributed by atoms with Gasteiger partial charge >= 0.3 is 12.1 Å². The molecule has 90 valence electrons. The van der Waals surface area contributed by atoms with E-state index in [-0.39, 0.29) is 0 Å². The predicted octanol–water partition coefficient (Wildman–Crippen LogP) is -0.442. The summed E-state index contributed by atoms with van der Waals surface area (Å²) >= 11 is 0. The molecule has 16 heavy (non-hydrogen) atoms. The van der Waals surface area contributed by atoms with Gasteiger partial charge in [-0.3, -0.25) is 4.79 Å². The molecule has 2 fully saturated rings. The normalized spacial score (nSPS) is 29.6. The summed E-state index contributed by atoms with van der Waals surface area (Å²) in [5, 5.41) is 11.5. The van der Waals surface area contributed by atoms with Crippen molar-refractivity contribution in [1.82, 2.24) is 10.4 Å². The third-order valence-electron chi connectivity index (χ3n) is 2.69. The maximum Gasteiger partial charge on any atom is 0.476 e. The summed E-state index contributed by atoms with van der Waals surface area (Å²) in [6.07, 6.45) is -3.53. The first kappa shape index (κ1) is 11.2. The first-order valence-electron chi connectivity index (χ1n) is 4.78. The largest absolute Gasteiger partial charge is 0.476 e. The Morgan fingerprint density at radius 2 is 2.31 bits per heavy atom. The van der Waals surface area contributed by atoms with Crippen molar-refractivity contribution < 1.29 is 28.3 Å². The van der Waals surface area contributed by atoms with Crippen LogP contribution in [0.3, 0.4) is 0 Å². The van der Waals surface area contributed by atoms with Crippen molar-refractivity contribution in [3.8, 4) is 0 Å². The van der Waals surface area contributed by atoms with Gasteiger partial charge in [-0.2, -0.15) is 13.6 Å². The number of nitrogens with one attached hydrogen (secondary N) is 1. The number of hydrogen-bond acceptors (Lipinski definition) is 4. The highest BCUT2D eigenvalue weighted by molar-refractivity contribution is 5.84. The van der Waals surface area contributed by atoms with Crippen molar-refractivity contribution >= 4 is 11.9 Å². The summed E-state index contributed by atoms with van der Waals surface area (Å²) < 4.78 is 25.6. The summed E-state index contributed by atoms with van der Waals surface area (Å²) in [6, 6.07) is -1.01. The zero-order chi connectivity index (χ0) is 11.9. The van der Waals surface area contributed by atoms with E-state index in [0.29, 0.717) is 24.4 Å². The Hall–Kier alpha value is -1.28. The lowest BCUT2D eigenvalue weighted by Crippen LogP contribution is -2.44. The molecule has 1 unspecified atom stereocenters. The molecule has 1 amide bonds. The Bertz CT molecular complexity index is 336. The Kier molecular flexibility index (Phi) is 2.55. The molecule has 2 atom stereocenters. The highest BCUT2D eigenvalue weighted by Crippen LogP contribution is 2.29. The number of hydrogen-bond donors (Lipinski definition) is 2. The monoisotopic (exact) mass is 236 g/mol. The van der Waals surface area contributed by atoms with Gasteiger partial charge in [-0.15, -0.1) is 0 Å². The third-order valence-corrected chi connectivity index (χ3v) is 2.69. The Labute approximate surface area is 89.1 Å². The van der Waals surface area contributed by atoms with Gasteiger partial charge in [0.05, 0.1) is 12.1 Å². The van der Waals surface area contributed by atoms with Crippen LogP contribution < -0.4 is 5.32 Å². The van der Waals surface area contributed by atoms with Gasteiger partial charge in [-0.1, -0.05) is 0 Å². The van der Waals surface area contributed by atoms with Crippen LogP contribution in [0.15, 0.2) is 0 Å². The number of nitrogens with zero attached hydrogens (tertiary/aromatic N) is 1. The molecule has 2 saturated heterocycles. The van der Waals surface area contributed by atoms with E-state index in [1.54, 1.807) is 0 Å². The van der Waals surface area contributed by atoms with Crippen LogP contribution in [0.5, 0.6) is 0 Å². The van der Waals surface area contributed by atoms with Gasteiger partial charge in [0.25, 0.3) is 5.91 Å². The third kappa shape index (κ3) is 1.74. The smallest absolute Gasteiger partial charge is 0.475 e. The Balaban J connectivity index is 2.10. The lowest BCUT2D eigenvalue weighted by atomic mass is 10.1. The first-order chi connectivity index (χ1) is 7.42. The summed E-state index contributed by atoms with van der Waals surface area (Å²) in [5.41, 5.74) is 0. The van der Waals surface area contributed by atoms with Crippen molar-refractivity contribution in [3.05, 3.63) is 0 Å². The van der Waals surface area contributed by atoms with Crippen molar-refractivity contribution in [2.45, 2.75) is 31.0 Å². The molecule has 0 saturated carbocycles. The van der Waals surface area contributed by atoms with Gasteiger partial charge in [-0.05, 0) is 19.4 Å². The number of rotatable bonds is 3. The molecule has 2 N–H and O–H groups in total. The van der Waals surface area contributed by atoms with Crippen LogP contribution in [0.25, 0.3) is 0 Å². The molecule has 0 aromatic rings. The number of aliphatic carboxylic acids is 1. The maximum atomic E-state index is 12.8. The molecule has 2 bridgehead atoms. The van der Waals surface area contributed by atoms with Crippen LogP contribution in [0, 0.1) is 0 Å². The van der Waals surface area contributed by atoms with Crippen LogP contribution >= 0.6 is 0 Å². The van der Waals surface area contributed by atoms with Gasteiger partial charge in [-0.25, -0.2) is 9.86 Å². The summed E-state index contributed by atoms with van der Waals surface area (Å²) in [6.45, 7) is 0.527. The lowest BCUT2D eigenvalue weighted by molar-refractivity contribution is -0.334. The lowest BCUT2D eigenvalue weighted by Gasteiger charge is -2.25. The molecule has 0 radical (unpaired) electrons. The highest BCUT2D eigenvalue weighted by atomic mass is 19.3. The van der Waals surface area contributed by atoms with E-state index in [1.165, 1.54) is 0 Å². The molecular formula is C8H10F2N2O4. The number of halogens is 2. The van der Waals surface area contributed by atoms with Crippen molar-refractivity contribution in [3.63, 3.8) is 0 Å². The summed E-state index contributed by atoms with van der Waals surface area (Å²) in [7, 11) is 0. The van der Waals surface area contributed by atoms with E-state index in [2.05, 4.69) is 10.2 Å². The Morgan fingerprint density at radius 3 is 2.88 bits per heavy atom. The van der Waals surface area contributed by atoms with Gasteiger partial charge < -0.3 is 10.4 Å². The first-order valence-corrected chi connectivity index (χ1v) is 4.78. The SMILES string of the molecule is O=C1C2C[C@H](CCN2)N1OC(F)(F)C(=O)O. The van der Waals surface area contributed by atoms with E-state index < -0.39 is 30.1 Å². The molecule has 2 aliphatic rings. The molecule has 0 aromatic heterocycles. The minimum Gasteiger partial charge on any atom is -0.475 e. The average molecular weight is 236 g/mol. The number of piperidine rings is 1. The van der Waals surface area contributed by atoms with Crippen LogP contribution in [0.1, 0.15) is 12.8 Å². The van der Waals surface area contributed by atoms with Gasteiger partial charge in [0, 0.05) is 0 Å². The predicted molar refractivity (Wildman–Crippen MR) is 45.3 cm³/mol. The molecule has 2 aliphatic heterocycles. The second kappa shape index (κ2) is 3.63. The van der Waals surface area contributed by atoms with Crippen LogP contribution in [-0.4, -0.2) is 46.8 Å². The summed E-state index contributed by atoms with van der Waals surface area (Å²) in [5.74, 6) is -3.04. The van der Waals surface area contributed by atoms with Gasteiger partial charge in [0.1, 0.15) is 0 Å². The molecule has 2 heterocycles. The molecule has 2 rings (SSSR count). The Morgan fingerprint density at radius 1 is 1.62 bits per heavy atom. The fraction of sp³-hybridized carbons (Fsp3) is 0.750. The molecule has 0 spiro atoms. The second-order valence-electron chi connectivity index (χ2n) is 3.76. The number of amides is 1. The fourth-order valence-corrected chi connectivity index (χ4v) is 1.91. The van der Waals surface area contributed by atoms with E-state index in [4.69, 9.17) is 5.11 Å². The molecule has 8 heteroatoms.